The number of carboxylic acid groups (broad SMARTS) is 1. The highest BCUT2D eigenvalue weighted by Crippen LogP contribution is 1.98. The normalized spacial score (nSPS) is 9.53. The van der Waals surface area contributed by atoms with Crippen LogP contribution in [0.4, 0.5) is 0 Å². The Morgan fingerprint density at radius 3 is 2.00 bits per heavy atom. The SMILES string of the molecule is CC(C)C.CN(CCO)C(=O)CCCC(=O)O. The number of aliphatic hydroxyl groups excluding tert-OH is 1. The van der Waals surface area contributed by atoms with Crippen molar-refractivity contribution in [2.24, 2.45) is 5.92 Å². The molecule has 0 rings (SSSR count). The second kappa shape index (κ2) is 11.4. The van der Waals surface area contributed by atoms with E-state index < -0.39 is 5.97 Å². The number of amides is 1. The van der Waals surface area contributed by atoms with E-state index in [1.165, 1.54) is 4.90 Å². The third-order valence-corrected chi connectivity index (χ3v) is 1.64. The Labute approximate surface area is 103 Å². The van der Waals surface area contributed by atoms with Gasteiger partial charge in [0.15, 0.2) is 0 Å². The molecule has 0 aliphatic rings. The summed E-state index contributed by atoms with van der Waals surface area (Å²) in [6.45, 7) is 6.73. The molecule has 0 aromatic carbocycles. The van der Waals surface area contributed by atoms with Crippen molar-refractivity contribution in [2.75, 3.05) is 20.2 Å². The van der Waals surface area contributed by atoms with Crippen LogP contribution in [0.15, 0.2) is 0 Å². The van der Waals surface area contributed by atoms with Crippen molar-refractivity contribution in [3.8, 4) is 0 Å². The van der Waals surface area contributed by atoms with Gasteiger partial charge in [-0.15, -0.1) is 0 Å². The molecular weight excluding hydrogens is 222 g/mol. The van der Waals surface area contributed by atoms with Crippen LogP contribution >= 0.6 is 0 Å². The average Bonchev–Trinajstić information content (AvgIpc) is 2.16. The summed E-state index contributed by atoms with van der Waals surface area (Å²) < 4.78 is 0. The van der Waals surface area contributed by atoms with Gasteiger partial charge >= 0.3 is 5.97 Å². The lowest BCUT2D eigenvalue weighted by atomic mass is 10.2. The molecular formula is C12H25NO4. The first-order chi connectivity index (χ1) is 7.81. The molecule has 0 atom stereocenters. The van der Waals surface area contributed by atoms with Crippen LogP contribution in [0.2, 0.25) is 0 Å². The van der Waals surface area contributed by atoms with Gasteiger partial charge in [-0.3, -0.25) is 9.59 Å². The van der Waals surface area contributed by atoms with Gasteiger partial charge < -0.3 is 15.1 Å². The third kappa shape index (κ3) is 17.5. The second-order valence-electron chi connectivity index (χ2n) is 4.52. The van der Waals surface area contributed by atoms with Crippen molar-refractivity contribution < 1.29 is 19.8 Å². The van der Waals surface area contributed by atoms with Crippen LogP contribution in [0, 0.1) is 5.92 Å². The fourth-order valence-electron chi connectivity index (χ4n) is 0.856. The minimum absolute atomic E-state index is 0.0126. The molecule has 1 amide bonds. The number of hydrogen-bond acceptors (Lipinski definition) is 3. The van der Waals surface area contributed by atoms with E-state index in [1.54, 1.807) is 7.05 Å². The first kappa shape index (κ1) is 18.3. The van der Waals surface area contributed by atoms with Crippen molar-refractivity contribution in [2.45, 2.75) is 40.0 Å². The Kier molecular flexibility index (Phi) is 12.2. The van der Waals surface area contributed by atoms with Gasteiger partial charge in [0, 0.05) is 26.4 Å². The molecule has 0 aliphatic carbocycles. The van der Waals surface area contributed by atoms with E-state index in [0.29, 0.717) is 13.0 Å². The van der Waals surface area contributed by atoms with Crippen LogP contribution < -0.4 is 0 Å². The van der Waals surface area contributed by atoms with Gasteiger partial charge in [-0.2, -0.15) is 0 Å². The summed E-state index contributed by atoms with van der Waals surface area (Å²) >= 11 is 0. The number of aliphatic carboxylic acids is 1. The number of nitrogens with zero attached hydrogens (tertiary/aromatic N) is 1. The first-order valence-corrected chi connectivity index (χ1v) is 5.87. The van der Waals surface area contributed by atoms with Gasteiger partial charge in [0.2, 0.25) is 5.91 Å². The van der Waals surface area contributed by atoms with Crippen LogP contribution in [-0.2, 0) is 9.59 Å². The predicted octanol–water partition coefficient (Wildman–Crippen LogP) is 1.35. The molecule has 0 fully saturated rings. The highest BCUT2D eigenvalue weighted by atomic mass is 16.4. The quantitative estimate of drug-likeness (QED) is 0.742. The van der Waals surface area contributed by atoms with E-state index in [4.69, 9.17) is 10.2 Å². The van der Waals surface area contributed by atoms with Gasteiger partial charge in [0.05, 0.1) is 6.61 Å². The maximum atomic E-state index is 11.1. The highest BCUT2D eigenvalue weighted by molar-refractivity contribution is 5.76. The highest BCUT2D eigenvalue weighted by Gasteiger charge is 2.08. The summed E-state index contributed by atoms with van der Waals surface area (Å²) in [5, 5.41) is 16.8. The van der Waals surface area contributed by atoms with Crippen molar-refractivity contribution in [1.29, 1.82) is 0 Å². The van der Waals surface area contributed by atoms with E-state index in [1.807, 2.05) is 0 Å². The lowest BCUT2D eigenvalue weighted by Crippen LogP contribution is -2.29. The Hall–Kier alpha value is -1.10. The number of hydrogen-bond donors (Lipinski definition) is 2. The molecule has 0 aromatic rings. The average molecular weight is 247 g/mol. The lowest BCUT2D eigenvalue weighted by molar-refractivity contribution is -0.137. The third-order valence-electron chi connectivity index (χ3n) is 1.64. The maximum absolute atomic E-state index is 11.1. The smallest absolute Gasteiger partial charge is 0.303 e. The topological polar surface area (TPSA) is 77.8 Å². The number of carbonyl (C=O) groups is 2. The van der Waals surface area contributed by atoms with Crippen molar-refractivity contribution in [3.05, 3.63) is 0 Å². The first-order valence-electron chi connectivity index (χ1n) is 5.87. The van der Waals surface area contributed by atoms with Gasteiger partial charge in [0.1, 0.15) is 0 Å². The minimum Gasteiger partial charge on any atom is -0.481 e. The van der Waals surface area contributed by atoms with Gasteiger partial charge in [0.25, 0.3) is 0 Å². The summed E-state index contributed by atoms with van der Waals surface area (Å²) in [6.07, 6.45) is 0.589. The molecule has 0 heterocycles. The molecule has 0 radical (unpaired) electrons. The number of rotatable bonds is 6. The Bertz CT molecular complexity index is 214. The van der Waals surface area contributed by atoms with Crippen LogP contribution in [0.3, 0.4) is 0 Å². The van der Waals surface area contributed by atoms with E-state index in [9.17, 15) is 9.59 Å². The Morgan fingerprint density at radius 1 is 1.18 bits per heavy atom. The Morgan fingerprint density at radius 2 is 1.65 bits per heavy atom. The van der Waals surface area contributed by atoms with Crippen LogP contribution in [0.5, 0.6) is 0 Å². The molecule has 5 nitrogen and oxygen atoms in total. The molecule has 0 saturated heterocycles. The molecule has 0 bridgehead atoms. The number of likely N-dealkylation sites (N-methyl/N-ethyl adjacent to an activating group) is 1. The summed E-state index contributed by atoms with van der Waals surface area (Å²) in [6, 6.07) is 0. The maximum Gasteiger partial charge on any atom is 0.303 e. The largest absolute Gasteiger partial charge is 0.481 e. The van der Waals surface area contributed by atoms with Crippen LogP contribution in [0.1, 0.15) is 40.0 Å². The predicted molar refractivity (Wildman–Crippen MR) is 66.7 cm³/mol. The lowest BCUT2D eigenvalue weighted by Gasteiger charge is -2.14. The summed E-state index contributed by atoms with van der Waals surface area (Å²) in [7, 11) is 1.58. The molecule has 0 aliphatic heterocycles. The molecule has 0 saturated carbocycles. The zero-order valence-electron chi connectivity index (χ0n) is 11.3. The molecule has 0 unspecified atom stereocenters. The monoisotopic (exact) mass is 247 g/mol. The van der Waals surface area contributed by atoms with Gasteiger partial charge in [-0.25, -0.2) is 0 Å². The number of aliphatic hydroxyl groups is 1. The van der Waals surface area contributed by atoms with E-state index in [0.717, 1.165) is 5.92 Å². The van der Waals surface area contributed by atoms with E-state index >= 15 is 0 Å². The number of carbonyl (C=O) groups excluding carboxylic acids is 1. The van der Waals surface area contributed by atoms with Crippen molar-refractivity contribution >= 4 is 11.9 Å². The fourth-order valence-corrected chi connectivity index (χ4v) is 0.856. The molecule has 0 aromatic heterocycles. The van der Waals surface area contributed by atoms with Gasteiger partial charge in [-0.05, 0) is 12.3 Å². The van der Waals surface area contributed by atoms with Crippen LogP contribution in [0.25, 0.3) is 0 Å². The molecule has 5 heteroatoms. The van der Waals surface area contributed by atoms with Gasteiger partial charge in [-0.1, -0.05) is 20.8 Å². The molecule has 17 heavy (non-hydrogen) atoms. The molecule has 2 N–H and O–H groups in total. The van der Waals surface area contributed by atoms with Crippen molar-refractivity contribution in [1.82, 2.24) is 4.90 Å². The summed E-state index contributed by atoms with van der Waals surface area (Å²) in [4.78, 5) is 22.6. The zero-order valence-corrected chi connectivity index (χ0v) is 11.3. The summed E-state index contributed by atoms with van der Waals surface area (Å²) in [5.41, 5.74) is 0. The number of carboxylic acids is 1. The standard InChI is InChI=1S/C8H15NO4.C4H10/c1-9(5-6-10)7(11)3-2-4-8(12)13;1-4(2)3/h10H,2-6H2,1H3,(H,12,13);4H,1-3H3. The van der Waals surface area contributed by atoms with Crippen LogP contribution in [-0.4, -0.2) is 47.2 Å². The second-order valence-corrected chi connectivity index (χ2v) is 4.52. The minimum atomic E-state index is -0.891. The van der Waals surface area contributed by atoms with Crippen molar-refractivity contribution in [3.63, 3.8) is 0 Å². The zero-order chi connectivity index (χ0) is 13.8. The molecule has 102 valence electrons. The van der Waals surface area contributed by atoms with E-state index in [2.05, 4.69) is 20.8 Å². The molecule has 0 spiro atoms. The summed E-state index contributed by atoms with van der Waals surface area (Å²) in [5.74, 6) is -0.187. The fraction of sp³-hybridized carbons (Fsp3) is 0.833. The van der Waals surface area contributed by atoms with E-state index in [-0.39, 0.29) is 25.4 Å². The Balaban J connectivity index is 0.